The fourth-order valence-electron chi connectivity index (χ4n) is 5.61. The van der Waals surface area contributed by atoms with Crippen molar-refractivity contribution in [3.8, 4) is 5.75 Å². The lowest BCUT2D eigenvalue weighted by molar-refractivity contribution is -0.137. The second-order valence-corrected chi connectivity index (χ2v) is 10.2. The summed E-state index contributed by atoms with van der Waals surface area (Å²) in [6, 6.07) is 17.9. The number of furan rings is 1. The Bertz CT molecular complexity index is 1280. The van der Waals surface area contributed by atoms with Crippen molar-refractivity contribution in [3.63, 3.8) is 0 Å². The van der Waals surface area contributed by atoms with Crippen LogP contribution < -0.4 is 10.1 Å². The van der Waals surface area contributed by atoms with E-state index in [0.717, 1.165) is 49.8 Å². The number of nitrogens with zero attached hydrogens (tertiary/aromatic N) is 1. The third kappa shape index (κ3) is 5.78. The maximum Gasteiger partial charge on any atom is 0.287 e. The monoisotopic (exact) mass is 516 g/mol. The number of carbonyl (C=O) groups is 2. The van der Waals surface area contributed by atoms with Crippen LogP contribution in [0.3, 0.4) is 0 Å². The van der Waals surface area contributed by atoms with Gasteiger partial charge in [-0.15, -0.1) is 0 Å². The minimum atomic E-state index is -0.282. The molecule has 2 amide bonds. The van der Waals surface area contributed by atoms with Crippen molar-refractivity contribution in [2.24, 2.45) is 5.92 Å². The minimum absolute atomic E-state index is 0.128. The Labute approximate surface area is 224 Å². The number of amides is 2. The van der Waals surface area contributed by atoms with Crippen molar-refractivity contribution in [1.29, 1.82) is 0 Å². The largest absolute Gasteiger partial charge is 0.486 e. The molecule has 7 nitrogen and oxygen atoms in total. The lowest BCUT2D eigenvalue weighted by Crippen LogP contribution is -2.43. The van der Waals surface area contributed by atoms with E-state index in [-0.39, 0.29) is 36.1 Å². The van der Waals surface area contributed by atoms with E-state index in [1.807, 2.05) is 6.07 Å². The van der Waals surface area contributed by atoms with Crippen molar-refractivity contribution in [1.82, 2.24) is 10.2 Å². The van der Waals surface area contributed by atoms with Crippen molar-refractivity contribution < 1.29 is 23.5 Å². The standard InChI is InChI=1S/C31H36N2O5/c1-21-6-5-9-24(18-21)29-27-19-25(37-20-26-12-13-28(38-26)30(34)32-15-17-36-2)11-10-22(27)14-16-33(29)31(35)23-7-3-4-8-23/h5-6,9-13,18-19,23,29H,3-4,7-8,14-17,20H2,1-2H3,(H,32,34)/t29-/m0/s1. The first kappa shape index (κ1) is 26.0. The lowest BCUT2D eigenvalue weighted by Gasteiger charge is -2.39. The van der Waals surface area contributed by atoms with Crippen LogP contribution in [-0.2, 0) is 22.6 Å². The summed E-state index contributed by atoms with van der Waals surface area (Å²) >= 11 is 0. The molecule has 5 rings (SSSR count). The van der Waals surface area contributed by atoms with Gasteiger partial charge in [0.05, 0.1) is 12.6 Å². The van der Waals surface area contributed by atoms with Crippen molar-refractivity contribution >= 4 is 11.8 Å². The summed E-state index contributed by atoms with van der Waals surface area (Å²) in [6.07, 6.45) is 5.08. The van der Waals surface area contributed by atoms with Gasteiger partial charge in [0.2, 0.25) is 5.91 Å². The molecule has 200 valence electrons. The van der Waals surface area contributed by atoms with Crippen molar-refractivity contribution in [2.45, 2.75) is 51.7 Å². The Hall–Kier alpha value is -3.58. The van der Waals surface area contributed by atoms with Crippen LogP contribution in [0.15, 0.2) is 59.0 Å². The zero-order chi connectivity index (χ0) is 26.5. The highest BCUT2D eigenvalue weighted by atomic mass is 16.5. The average Bonchev–Trinajstić information content (AvgIpc) is 3.64. The van der Waals surface area contributed by atoms with Gasteiger partial charge in [-0.25, -0.2) is 0 Å². The topological polar surface area (TPSA) is 81.0 Å². The molecule has 0 spiro atoms. The fourth-order valence-corrected chi connectivity index (χ4v) is 5.61. The number of ether oxygens (including phenoxy) is 2. The first-order valence-corrected chi connectivity index (χ1v) is 13.5. The molecule has 38 heavy (non-hydrogen) atoms. The van der Waals surface area contributed by atoms with Crippen molar-refractivity contribution in [3.05, 3.63) is 88.4 Å². The van der Waals surface area contributed by atoms with Crippen LogP contribution in [-0.4, -0.2) is 43.5 Å². The van der Waals surface area contributed by atoms with E-state index in [0.29, 0.717) is 24.7 Å². The second-order valence-electron chi connectivity index (χ2n) is 10.2. The molecule has 1 N–H and O–H groups in total. The van der Waals surface area contributed by atoms with E-state index in [9.17, 15) is 9.59 Å². The number of methoxy groups -OCH3 is 1. The van der Waals surface area contributed by atoms with E-state index >= 15 is 0 Å². The Balaban J connectivity index is 1.36. The number of nitrogens with one attached hydrogen (secondary N) is 1. The van der Waals surface area contributed by atoms with E-state index in [1.54, 1.807) is 19.2 Å². The first-order chi connectivity index (χ1) is 18.5. The molecule has 1 saturated carbocycles. The van der Waals surface area contributed by atoms with Gasteiger partial charge in [-0.3, -0.25) is 9.59 Å². The van der Waals surface area contributed by atoms with E-state index in [1.165, 1.54) is 11.1 Å². The molecule has 7 heteroatoms. The summed E-state index contributed by atoms with van der Waals surface area (Å²) in [5, 5.41) is 2.75. The molecule has 0 radical (unpaired) electrons. The molecule has 0 saturated heterocycles. The average molecular weight is 517 g/mol. The zero-order valence-corrected chi connectivity index (χ0v) is 22.2. The summed E-state index contributed by atoms with van der Waals surface area (Å²) in [6.45, 7) is 3.87. The van der Waals surface area contributed by atoms with Gasteiger partial charge >= 0.3 is 0 Å². The number of fused-ring (bicyclic) bond motifs is 1. The summed E-state index contributed by atoms with van der Waals surface area (Å²) in [5.74, 6) is 1.63. The number of rotatable bonds is 9. The first-order valence-electron chi connectivity index (χ1n) is 13.5. The van der Waals surface area contributed by atoms with Crippen LogP contribution in [0.4, 0.5) is 0 Å². The van der Waals surface area contributed by atoms with E-state index in [2.05, 4.69) is 53.5 Å². The van der Waals surface area contributed by atoms with Gasteiger partial charge in [0.1, 0.15) is 18.1 Å². The number of hydrogen-bond donors (Lipinski definition) is 1. The predicted molar refractivity (Wildman–Crippen MR) is 144 cm³/mol. The van der Waals surface area contributed by atoms with Crippen molar-refractivity contribution in [2.75, 3.05) is 26.8 Å². The highest BCUT2D eigenvalue weighted by molar-refractivity contribution is 5.91. The number of carbonyl (C=O) groups excluding carboxylic acids is 2. The maximum atomic E-state index is 13.7. The molecule has 2 aromatic carbocycles. The van der Waals surface area contributed by atoms with Gasteiger partial charge in [-0.05, 0) is 67.1 Å². The minimum Gasteiger partial charge on any atom is -0.486 e. The number of benzene rings is 2. The maximum absolute atomic E-state index is 13.7. The van der Waals surface area contributed by atoms with Gasteiger partial charge in [-0.2, -0.15) is 0 Å². The molecule has 0 unspecified atom stereocenters. The predicted octanol–water partition coefficient (Wildman–Crippen LogP) is 5.21. The van der Waals surface area contributed by atoms with Crippen LogP contribution in [0, 0.1) is 12.8 Å². The molecule has 0 bridgehead atoms. The van der Waals surface area contributed by atoms with Crippen LogP contribution in [0.5, 0.6) is 5.75 Å². The molecule has 1 aliphatic carbocycles. The third-order valence-electron chi connectivity index (χ3n) is 7.55. The van der Waals surface area contributed by atoms with Gasteiger partial charge in [-0.1, -0.05) is 48.7 Å². The summed E-state index contributed by atoms with van der Waals surface area (Å²) in [5.41, 5.74) is 4.66. The van der Waals surface area contributed by atoms with Crippen LogP contribution in [0.2, 0.25) is 0 Å². The molecular weight excluding hydrogens is 480 g/mol. The molecule has 2 aliphatic rings. The normalized spacial score (nSPS) is 17.3. The van der Waals surface area contributed by atoms with E-state index < -0.39 is 0 Å². The molecule has 2 heterocycles. The quantitative estimate of drug-likeness (QED) is 0.395. The summed E-state index contributed by atoms with van der Waals surface area (Å²) in [7, 11) is 1.59. The van der Waals surface area contributed by atoms with Crippen LogP contribution >= 0.6 is 0 Å². The van der Waals surface area contributed by atoms with E-state index in [4.69, 9.17) is 13.9 Å². The third-order valence-corrected chi connectivity index (χ3v) is 7.55. The Morgan fingerprint density at radius 1 is 1.08 bits per heavy atom. The summed E-state index contributed by atoms with van der Waals surface area (Å²) < 4.78 is 16.8. The molecule has 1 aliphatic heterocycles. The number of hydrogen-bond acceptors (Lipinski definition) is 5. The lowest BCUT2D eigenvalue weighted by atomic mass is 9.86. The Kier molecular flexibility index (Phi) is 8.13. The Morgan fingerprint density at radius 2 is 1.92 bits per heavy atom. The van der Waals surface area contributed by atoms with Gasteiger partial charge < -0.3 is 24.1 Å². The van der Waals surface area contributed by atoms with Gasteiger partial charge in [0.15, 0.2) is 5.76 Å². The SMILES string of the molecule is COCCNC(=O)c1ccc(COc2ccc3c(c2)[C@H](c2cccc(C)c2)N(C(=O)C2CCCC2)CC3)o1. The Morgan fingerprint density at radius 3 is 2.71 bits per heavy atom. The molecule has 1 atom stereocenters. The number of aryl methyl sites for hydroxylation is 1. The molecule has 3 aromatic rings. The van der Waals surface area contributed by atoms with Crippen LogP contribution in [0.1, 0.15) is 70.3 Å². The highest BCUT2D eigenvalue weighted by Crippen LogP contribution is 2.40. The van der Waals surface area contributed by atoms with Gasteiger partial charge in [0.25, 0.3) is 5.91 Å². The smallest absolute Gasteiger partial charge is 0.287 e. The van der Waals surface area contributed by atoms with Gasteiger partial charge in [0, 0.05) is 26.1 Å². The molecule has 1 aromatic heterocycles. The summed E-state index contributed by atoms with van der Waals surface area (Å²) in [4.78, 5) is 28.0. The molecular formula is C31H36N2O5. The van der Waals surface area contributed by atoms with Crippen LogP contribution in [0.25, 0.3) is 0 Å². The highest BCUT2D eigenvalue weighted by Gasteiger charge is 2.36. The second kappa shape index (κ2) is 11.9. The fraction of sp³-hybridized carbons (Fsp3) is 0.419. The zero-order valence-electron chi connectivity index (χ0n) is 22.2. The molecule has 1 fully saturated rings.